The molecule has 0 aliphatic heterocycles. The molecule has 1 rings (SSSR count). The van der Waals surface area contributed by atoms with Gasteiger partial charge in [-0.25, -0.2) is 4.79 Å². The molecule has 0 unspecified atom stereocenters. The van der Waals surface area contributed by atoms with Crippen molar-refractivity contribution in [1.82, 2.24) is 0 Å². The molecular formula is C15H22CrO3. The van der Waals surface area contributed by atoms with Crippen LogP contribution in [0.5, 0.6) is 5.75 Å². The first kappa shape index (κ1) is 18.0. The molecule has 1 N–H and O–H groups in total. The molecule has 0 saturated heterocycles. The minimum absolute atomic E-state index is 0. The topological polar surface area (TPSA) is 46.5 Å². The van der Waals surface area contributed by atoms with Gasteiger partial charge >= 0.3 is 5.97 Å². The Bertz CT molecular complexity index is 453. The number of para-hydroxylation sites is 1. The molecule has 0 aliphatic carbocycles. The van der Waals surface area contributed by atoms with Crippen molar-refractivity contribution in [2.45, 2.75) is 52.6 Å². The van der Waals surface area contributed by atoms with Gasteiger partial charge in [0, 0.05) is 22.9 Å². The summed E-state index contributed by atoms with van der Waals surface area (Å²) in [6, 6.07) is 5.27. The Morgan fingerprint density at radius 2 is 1.63 bits per heavy atom. The van der Waals surface area contributed by atoms with E-state index in [1.807, 2.05) is 47.6 Å². The number of rotatable bonds is 2. The molecule has 0 aromatic heterocycles. The fraction of sp³-hybridized carbons (Fsp3) is 0.533. The van der Waals surface area contributed by atoms with Crippen molar-refractivity contribution in [1.29, 1.82) is 0 Å². The number of hydrogen-bond donors (Lipinski definition) is 1. The third kappa shape index (κ3) is 4.89. The zero-order chi connectivity index (χ0) is 14.1. The van der Waals surface area contributed by atoms with E-state index in [-0.39, 0.29) is 28.3 Å². The fourth-order valence-corrected chi connectivity index (χ4v) is 1.71. The maximum atomic E-state index is 11.3. The third-order valence-electron chi connectivity index (χ3n) is 2.46. The maximum Gasteiger partial charge on any atom is 0.339 e. The fourth-order valence-electron chi connectivity index (χ4n) is 1.71. The molecule has 106 valence electrons. The normalized spacial score (nSPS) is 11.7. The van der Waals surface area contributed by atoms with E-state index >= 15 is 0 Å². The molecule has 0 aliphatic rings. The van der Waals surface area contributed by atoms with E-state index in [2.05, 4.69) is 0 Å². The van der Waals surface area contributed by atoms with E-state index in [0.717, 1.165) is 5.56 Å². The Kier molecular flexibility index (Phi) is 5.68. The van der Waals surface area contributed by atoms with Gasteiger partial charge < -0.3 is 9.84 Å². The second-order valence-electron chi connectivity index (χ2n) is 6.45. The van der Waals surface area contributed by atoms with E-state index < -0.39 is 11.6 Å². The van der Waals surface area contributed by atoms with Crippen LogP contribution in [0.2, 0.25) is 0 Å². The van der Waals surface area contributed by atoms with Crippen LogP contribution < -0.4 is 4.74 Å². The average Bonchev–Trinajstić information content (AvgIpc) is 2.13. The number of carboxylic acids is 1. The number of carboxylic acid groups (broad SMARTS) is 1. The van der Waals surface area contributed by atoms with Crippen LogP contribution in [0.1, 0.15) is 57.5 Å². The number of benzene rings is 1. The number of aromatic carboxylic acids is 1. The van der Waals surface area contributed by atoms with Gasteiger partial charge in [-0.05, 0) is 32.3 Å². The average molecular weight is 302 g/mol. The first-order chi connectivity index (χ1) is 8.02. The van der Waals surface area contributed by atoms with Gasteiger partial charge in [0.2, 0.25) is 0 Å². The van der Waals surface area contributed by atoms with Crippen molar-refractivity contribution in [3.63, 3.8) is 0 Å². The minimum atomic E-state index is -0.958. The molecule has 0 amide bonds. The Morgan fingerprint density at radius 3 is 2.00 bits per heavy atom. The molecule has 3 nitrogen and oxygen atoms in total. The van der Waals surface area contributed by atoms with E-state index in [1.165, 1.54) is 0 Å². The van der Waals surface area contributed by atoms with Crippen LogP contribution in [0.15, 0.2) is 18.2 Å². The standard InChI is InChI=1S/C15H22O3.Cr/c1-14(2,3)11-9-7-8-10(13(16)17)12(11)18-15(4,5)6;/h7-9H,1-6H3,(H,16,17);. The van der Waals surface area contributed by atoms with Crippen molar-refractivity contribution in [2.75, 3.05) is 0 Å². The van der Waals surface area contributed by atoms with Gasteiger partial charge in [-0.3, -0.25) is 0 Å². The molecule has 0 saturated carbocycles. The Labute approximate surface area is 126 Å². The Balaban J connectivity index is 0.00000324. The minimum Gasteiger partial charge on any atom is -0.487 e. The number of ether oxygens (including phenoxy) is 1. The summed E-state index contributed by atoms with van der Waals surface area (Å²) >= 11 is 0. The van der Waals surface area contributed by atoms with E-state index in [1.54, 1.807) is 12.1 Å². The van der Waals surface area contributed by atoms with Crippen molar-refractivity contribution < 1.29 is 32.0 Å². The monoisotopic (exact) mass is 302 g/mol. The second-order valence-corrected chi connectivity index (χ2v) is 6.45. The zero-order valence-corrected chi connectivity index (χ0v) is 13.7. The number of hydrogen-bond acceptors (Lipinski definition) is 2. The quantitative estimate of drug-likeness (QED) is 0.902. The molecule has 19 heavy (non-hydrogen) atoms. The summed E-state index contributed by atoms with van der Waals surface area (Å²) < 4.78 is 5.87. The van der Waals surface area contributed by atoms with Gasteiger partial charge in [-0.15, -0.1) is 0 Å². The largest absolute Gasteiger partial charge is 0.487 e. The first-order valence-electron chi connectivity index (χ1n) is 6.08. The third-order valence-corrected chi connectivity index (χ3v) is 2.46. The van der Waals surface area contributed by atoms with Crippen molar-refractivity contribution >= 4 is 5.97 Å². The zero-order valence-electron chi connectivity index (χ0n) is 12.4. The molecular weight excluding hydrogens is 280 g/mol. The van der Waals surface area contributed by atoms with Crippen molar-refractivity contribution in [2.24, 2.45) is 0 Å². The molecule has 0 radical (unpaired) electrons. The van der Waals surface area contributed by atoms with E-state index in [4.69, 9.17) is 4.74 Å². The predicted molar refractivity (Wildman–Crippen MR) is 72.5 cm³/mol. The Hall–Kier alpha value is -0.978. The summed E-state index contributed by atoms with van der Waals surface area (Å²) in [4.78, 5) is 11.3. The van der Waals surface area contributed by atoms with Crippen molar-refractivity contribution in [3.8, 4) is 5.75 Å². The SMILES string of the molecule is CC(C)(C)Oc1c(C(=O)O)cccc1C(C)(C)C.[Cr]. The molecule has 0 heterocycles. The summed E-state index contributed by atoms with van der Waals surface area (Å²) in [6.45, 7) is 11.9. The molecule has 0 fully saturated rings. The second kappa shape index (κ2) is 5.98. The summed E-state index contributed by atoms with van der Waals surface area (Å²) in [5.74, 6) is -0.481. The predicted octanol–water partition coefficient (Wildman–Crippen LogP) is 3.86. The van der Waals surface area contributed by atoms with Crippen LogP contribution in [0.3, 0.4) is 0 Å². The van der Waals surface area contributed by atoms with Crippen LogP contribution in [-0.2, 0) is 22.8 Å². The smallest absolute Gasteiger partial charge is 0.339 e. The van der Waals surface area contributed by atoms with Crippen LogP contribution in [0.4, 0.5) is 0 Å². The van der Waals surface area contributed by atoms with Crippen LogP contribution >= 0.6 is 0 Å². The summed E-state index contributed by atoms with van der Waals surface area (Å²) in [5, 5.41) is 9.27. The molecule has 1 aromatic rings. The molecule has 4 heteroatoms. The van der Waals surface area contributed by atoms with Crippen LogP contribution in [-0.4, -0.2) is 16.7 Å². The van der Waals surface area contributed by atoms with E-state index in [0.29, 0.717) is 5.75 Å². The van der Waals surface area contributed by atoms with Gasteiger partial charge in [0.15, 0.2) is 0 Å². The molecule has 1 aromatic carbocycles. The van der Waals surface area contributed by atoms with Gasteiger partial charge in [-0.1, -0.05) is 32.9 Å². The van der Waals surface area contributed by atoms with Gasteiger partial charge in [0.05, 0.1) is 0 Å². The van der Waals surface area contributed by atoms with Crippen LogP contribution in [0.25, 0.3) is 0 Å². The van der Waals surface area contributed by atoms with Crippen molar-refractivity contribution in [3.05, 3.63) is 29.3 Å². The molecule has 0 atom stereocenters. The summed E-state index contributed by atoms with van der Waals surface area (Å²) in [6.07, 6.45) is 0. The van der Waals surface area contributed by atoms with E-state index in [9.17, 15) is 9.90 Å². The summed E-state index contributed by atoms with van der Waals surface area (Å²) in [5.41, 5.74) is 0.548. The van der Waals surface area contributed by atoms with Gasteiger partial charge in [-0.2, -0.15) is 0 Å². The summed E-state index contributed by atoms with van der Waals surface area (Å²) in [7, 11) is 0. The molecule has 0 spiro atoms. The maximum absolute atomic E-state index is 11.3. The number of carbonyl (C=O) groups is 1. The molecule has 0 bridgehead atoms. The van der Waals surface area contributed by atoms with Crippen LogP contribution in [0, 0.1) is 0 Å². The first-order valence-corrected chi connectivity index (χ1v) is 6.08. The van der Waals surface area contributed by atoms with Gasteiger partial charge in [0.1, 0.15) is 16.9 Å². The van der Waals surface area contributed by atoms with Gasteiger partial charge in [0.25, 0.3) is 0 Å². The Morgan fingerprint density at radius 1 is 1.11 bits per heavy atom.